The van der Waals surface area contributed by atoms with Crippen LogP contribution in [0.1, 0.15) is 148 Å². The van der Waals surface area contributed by atoms with Crippen LogP contribution in [0.4, 0.5) is 35.1 Å². The first kappa shape index (κ1) is 68.5. The molecule has 0 fully saturated rings. The molecule has 456 valence electrons. The van der Waals surface area contributed by atoms with Gasteiger partial charge in [-0.05, 0) is 138 Å². The summed E-state index contributed by atoms with van der Waals surface area (Å²) in [4.78, 5) is 6.48. The summed E-state index contributed by atoms with van der Waals surface area (Å²) >= 11 is 0. The van der Waals surface area contributed by atoms with Crippen molar-refractivity contribution in [3.05, 3.63) is 107 Å². The van der Waals surface area contributed by atoms with Crippen LogP contribution in [0.5, 0.6) is 17.2 Å². The van der Waals surface area contributed by atoms with E-state index in [1.807, 2.05) is 55.6 Å². The van der Waals surface area contributed by atoms with Crippen molar-refractivity contribution in [2.75, 3.05) is 60.6 Å². The minimum absolute atomic E-state index is 0.0568. The van der Waals surface area contributed by atoms with Crippen molar-refractivity contribution in [2.24, 2.45) is 17.8 Å². The van der Waals surface area contributed by atoms with Crippen LogP contribution in [0.2, 0.25) is 0 Å². The number of alkyl halides is 8. The van der Waals surface area contributed by atoms with Gasteiger partial charge in [-0.2, -0.15) is 41.6 Å². The number of aromatic amines is 3. The van der Waals surface area contributed by atoms with Gasteiger partial charge in [0.2, 0.25) is 0 Å². The average molecular weight is 1160 g/mol. The quantitative estimate of drug-likeness (QED) is 0.0394. The van der Waals surface area contributed by atoms with Crippen molar-refractivity contribution >= 4 is 0 Å². The number of halogens is 8. The molecule has 0 aliphatic rings. The molecule has 20 heteroatoms. The van der Waals surface area contributed by atoms with Gasteiger partial charge in [0.1, 0.15) is 17.2 Å². The molecule has 82 heavy (non-hydrogen) atoms. The molecule has 0 atom stereocenters. The number of aromatic nitrogens is 6. The highest BCUT2D eigenvalue weighted by Gasteiger charge is 2.36. The molecule has 3 heterocycles. The average Bonchev–Trinajstić information content (AvgIpc) is 4.36. The molecule has 3 aromatic carbocycles. The third-order valence-corrected chi connectivity index (χ3v) is 13.1. The highest BCUT2D eigenvalue weighted by atomic mass is 19.4. The fourth-order valence-electron chi connectivity index (χ4n) is 8.49. The first-order valence-electron chi connectivity index (χ1n) is 28.6. The smallest absolute Gasteiger partial charge is 0.419 e. The van der Waals surface area contributed by atoms with Gasteiger partial charge in [0.25, 0.3) is 5.92 Å². The number of nitrogens with one attached hydrogen (secondary N) is 3. The number of benzene rings is 3. The maximum absolute atomic E-state index is 14.0. The van der Waals surface area contributed by atoms with E-state index in [1.165, 1.54) is 24.3 Å². The van der Waals surface area contributed by atoms with Crippen LogP contribution < -0.4 is 14.2 Å². The van der Waals surface area contributed by atoms with Crippen molar-refractivity contribution in [3.8, 4) is 50.8 Å². The number of ether oxygens (including phenoxy) is 3. The molecule has 0 saturated heterocycles. The molecule has 12 nitrogen and oxygen atoms in total. The van der Waals surface area contributed by atoms with E-state index in [2.05, 4.69) is 73.1 Å². The van der Waals surface area contributed by atoms with Crippen molar-refractivity contribution in [1.29, 1.82) is 0 Å². The normalized spacial score (nSPS) is 12.2. The summed E-state index contributed by atoms with van der Waals surface area (Å²) in [5.74, 6) is -1.92. The van der Waals surface area contributed by atoms with Crippen LogP contribution in [0.25, 0.3) is 33.5 Å². The summed E-state index contributed by atoms with van der Waals surface area (Å²) in [5.41, 5.74) is 4.79. The van der Waals surface area contributed by atoms with Crippen molar-refractivity contribution < 1.29 is 49.3 Å². The largest absolute Gasteiger partial charge is 0.493 e. The van der Waals surface area contributed by atoms with Gasteiger partial charge in [0.05, 0.1) is 66.6 Å². The topological polar surface area (TPSA) is 123 Å². The van der Waals surface area contributed by atoms with E-state index in [0.717, 1.165) is 99.9 Å². The Balaban J connectivity index is 0.000000264. The molecular weight excluding hydrogens is 1070 g/mol. The monoisotopic (exact) mass is 1160 g/mol. The fourth-order valence-corrected chi connectivity index (χ4v) is 8.49. The summed E-state index contributed by atoms with van der Waals surface area (Å²) in [7, 11) is 6.04. The van der Waals surface area contributed by atoms with Crippen LogP contribution in [-0.2, 0) is 37.9 Å². The summed E-state index contributed by atoms with van der Waals surface area (Å²) in [6.45, 7) is 24.9. The summed E-state index contributed by atoms with van der Waals surface area (Å²) in [5, 5.41) is 21.1. The molecule has 3 aromatic heterocycles. The van der Waals surface area contributed by atoms with Crippen molar-refractivity contribution in [2.45, 2.75) is 152 Å². The molecule has 0 aliphatic heterocycles. The minimum atomic E-state index is -4.48. The Morgan fingerprint density at radius 3 is 1.40 bits per heavy atom. The maximum atomic E-state index is 14.0. The van der Waals surface area contributed by atoms with Crippen LogP contribution in [0.15, 0.2) is 73.2 Å². The van der Waals surface area contributed by atoms with E-state index < -0.39 is 29.4 Å². The Morgan fingerprint density at radius 2 is 0.963 bits per heavy atom. The van der Waals surface area contributed by atoms with Crippen LogP contribution >= 0.6 is 0 Å². The molecule has 0 saturated carbocycles. The SMILES string of the molecule is CCCCN(C)Cc1[nH]ncc1-c1ccc(OCC(C)C)c(C(F)(F)F)c1.CCCCN(C)Cc1[nH]ncc1-c1ccc(OCCC(C)C)c(C(F)(F)F)c1.CCCCN(C)Cc1cn[nH]c1-c1cc(OCC(C)C)cc(C(C)(F)F)c1. The highest BCUT2D eigenvalue weighted by Crippen LogP contribution is 2.42. The van der Waals surface area contributed by atoms with Crippen LogP contribution in [0, 0.1) is 17.8 Å². The van der Waals surface area contributed by atoms with Crippen LogP contribution in [-0.4, -0.2) is 106 Å². The molecule has 0 aliphatic carbocycles. The Hall–Kier alpha value is -5.99. The number of rotatable bonds is 29. The summed E-state index contributed by atoms with van der Waals surface area (Å²) in [6.07, 6.45) is 3.24. The highest BCUT2D eigenvalue weighted by molar-refractivity contribution is 5.69. The van der Waals surface area contributed by atoms with Gasteiger partial charge >= 0.3 is 12.4 Å². The van der Waals surface area contributed by atoms with Gasteiger partial charge in [-0.15, -0.1) is 0 Å². The van der Waals surface area contributed by atoms with Gasteiger partial charge < -0.3 is 28.9 Å². The van der Waals surface area contributed by atoms with Crippen LogP contribution in [0.3, 0.4) is 0 Å². The summed E-state index contributed by atoms with van der Waals surface area (Å²) in [6, 6.07) is 13.2. The predicted molar refractivity (Wildman–Crippen MR) is 311 cm³/mol. The zero-order valence-corrected chi connectivity index (χ0v) is 50.4. The third kappa shape index (κ3) is 22.6. The van der Waals surface area contributed by atoms with Gasteiger partial charge in [-0.25, -0.2) is 8.78 Å². The van der Waals surface area contributed by atoms with Crippen molar-refractivity contribution in [3.63, 3.8) is 0 Å². The van der Waals surface area contributed by atoms with E-state index in [9.17, 15) is 35.1 Å². The lowest BCUT2D eigenvalue weighted by atomic mass is 10.0. The molecule has 0 spiro atoms. The van der Waals surface area contributed by atoms with Gasteiger partial charge in [-0.1, -0.05) is 93.7 Å². The summed E-state index contributed by atoms with van der Waals surface area (Å²) < 4.78 is 126. The molecule has 0 unspecified atom stereocenters. The predicted octanol–water partition coefficient (Wildman–Crippen LogP) is 16.6. The molecule has 0 radical (unpaired) electrons. The molecular formula is C62H89F8N9O3. The van der Waals surface area contributed by atoms with Gasteiger partial charge in [-0.3, -0.25) is 15.3 Å². The Kier molecular flexibility index (Phi) is 27.4. The second-order valence-electron chi connectivity index (χ2n) is 22.6. The zero-order valence-electron chi connectivity index (χ0n) is 50.4. The standard InChI is InChI=1S/C21H30F3N3O.C21H31F2N3O.C20H28F3N3O/c1-5-6-10-27(4)14-19-17(13-25-26-19)16-7-8-20(28-11-9-15(2)3)18(12-16)21(22,23)24;1-6-7-8-26(5)13-17-12-24-25-20(17)16-9-18(21(4,22)23)11-19(10-16)27-14-15(2)3;1-5-6-9-26(4)12-18-16(11-24-25-18)15-7-8-19(27-13-14(2)3)17(10-15)20(21,22)23/h7-8,12-13,15H,5-6,9-11,14H2,1-4H3,(H,25,26);9-12,15H,6-8,13-14H2,1-5H3,(H,24,25);7-8,10-11,14H,5-6,9,12-13H2,1-4H3,(H,24,25). The van der Waals surface area contributed by atoms with E-state index in [4.69, 9.17) is 14.2 Å². The molecule has 6 aromatic rings. The Morgan fingerprint density at radius 1 is 0.512 bits per heavy atom. The van der Waals surface area contributed by atoms with E-state index in [1.54, 1.807) is 36.8 Å². The lowest BCUT2D eigenvalue weighted by Crippen LogP contribution is -2.19. The lowest BCUT2D eigenvalue weighted by Gasteiger charge is -2.18. The number of nitrogens with zero attached hydrogens (tertiary/aromatic N) is 6. The Labute approximate surface area is 481 Å². The second kappa shape index (κ2) is 32.7. The lowest BCUT2D eigenvalue weighted by molar-refractivity contribution is -0.139. The second-order valence-corrected chi connectivity index (χ2v) is 22.6. The third-order valence-electron chi connectivity index (χ3n) is 13.1. The van der Waals surface area contributed by atoms with Crippen molar-refractivity contribution in [1.82, 2.24) is 45.3 Å². The number of hydrogen-bond donors (Lipinski definition) is 3. The van der Waals surface area contributed by atoms with E-state index in [0.29, 0.717) is 78.1 Å². The van der Waals surface area contributed by atoms with Gasteiger partial charge in [0.15, 0.2) is 0 Å². The number of unbranched alkanes of at least 4 members (excludes halogenated alkanes) is 3. The van der Waals surface area contributed by atoms with E-state index >= 15 is 0 Å². The first-order chi connectivity index (χ1) is 38.6. The minimum Gasteiger partial charge on any atom is -0.493 e. The molecule has 0 amide bonds. The zero-order chi connectivity index (χ0) is 60.8. The van der Waals surface area contributed by atoms with Gasteiger partial charge in [0, 0.05) is 54.4 Å². The molecule has 0 bridgehead atoms. The van der Waals surface area contributed by atoms with E-state index in [-0.39, 0.29) is 36.2 Å². The fraction of sp³-hybridized carbons (Fsp3) is 0.565. The number of hydrogen-bond acceptors (Lipinski definition) is 9. The number of H-pyrrole nitrogens is 3. The molecule has 6 rings (SSSR count). The first-order valence-corrected chi connectivity index (χ1v) is 28.6. The maximum Gasteiger partial charge on any atom is 0.419 e. The molecule has 3 N–H and O–H groups in total. The Bertz CT molecular complexity index is 2780.